The van der Waals surface area contributed by atoms with Crippen molar-refractivity contribution in [3.8, 4) is 0 Å². The van der Waals surface area contributed by atoms with Gasteiger partial charge in [0.1, 0.15) is 23.0 Å². The fourth-order valence-electron chi connectivity index (χ4n) is 3.46. The van der Waals surface area contributed by atoms with Crippen LogP contribution in [-0.4, -0.2) is 36.4 Å². The van der Waals surface area contributed by atoms with Gasteiger partial charge < -0.3 is 0 Å². The van der Waals surface area contributed by atoms with Crippen molar-refractivity contribution >= 4 is 11.9 Å². The van der Waals surface area contributed by atoms with Crippen molar-refractivity contribution < 1.29 is 38.9 Å². The predicted molar refractivity (Wildman–Crippen MR) is 126 cm³/mol. The van der Waals surface area contributed by atoms with E-state index in [2.05, 4.69) is 0 Å². The Labute approximate surface area is 202 Å². The lowest BCUT2D eigenvalue weighted by Crippen LogP contribution is -2.44. The van der Waals surface area contributed by atoms with E-state index >= 15 is 0 Å². The highest BCUT2D eigenvalue weighted by Gasteiger charge is 2.45. The molecule has 34 heavy (non-hydrogen) atoms. The van der Waals surface area contributed by atoms with Crippen LogP contribution in [0.2, 0.25) is 0 Å². The van der Waals surface area contributed by atoms with Crippen molar-refractivity contribution in [3.63, 3.8) is 0 Å². The molecule has 0 fully saturated rings. The van der Waals surface area contributed by atoms with Crippen molar-refractivity contribution in [2.75, 3.05) is 13.2 Å². The summed E-state index contributed by atoms with van der Waals surface area (Å²) in [5, 5.41) is 0. The number of hydrogen-bond donors (Lipinski definition) is 0. The molecule has 2 rings (SSSR count). The minimum Gasteiger partial charge on any atom is -0.247 e. The third-order valence-electron chi connectivity index (χ3n) is 5.80. The number of allylic oxidation sites excluding steroid dienone is 4. The maximum absolute atomic E-state index is 12.9. The predicted octanol–water partition coefficient (Wildman–Crippen LogP) is 5.27. The molecule has 0 N–H and O–H groups in total. The molecule has 0 bridgehead atoms. The van der Waals surface area contributed by atoms with Gasteiger partial charge in [-0.2, -0.15) is 0 Å². The Morgan fingerprint density at radius 2 is 1.15 bits per heavy atom. The molecule has 0 aromatic carbocycles. The summed E-state index contributed by atoms with van der Waals surface area (Å²) in [6, 6.07) is 0. The molecule has 0 saturated carbocycles. The zero-order chi connectivity index (χ0) is 25.2. The van der Waals surface area contributed by atoms with E-state index in [1.54, 1.807) is 38.2 Å². The first-order chi connectivity index (χ1) is 16.1. The van der Waals surface area contributed by atoms with Gasteiger partial charge in [-0.3, -0.25) is 0 Å². The third-order valence-corrected chi connectivity index (χ3v) is 5.80. The van der Waals surface area contributed by atoms with Crippen LogP contribution in [0.1, 0.15) is 67.2 Å². The Morgan fingerprint density at radius 1 is 0.765 bits per heavy atom. The number of hydrogen-bond acceptors (Lipinski definition) is 8. The van der Waals surface area contributed by atoms with Crippen molar-refractivity contribution in [2.45, 2.75) is 78.4 Å². The van der Waals surface area contributed by atoms with Gasteiger partial charge in [-0.05, 0) is 52.7 Å². The number of rotatable bonds is 12. The Kier molecular flexibility index (Phi) is 10.7. The summed E-state index contributed by atoms with van der Waals surface area (Å²) in [7, 11) is 0. The Hall–Kier alpha value is -2.26. The first kappa shape index (κ1) is 28.0. The summed E-state index contributed by atoms with van der Waals surface area (Å²) in [6.45, 7) is 12.0. The van der Waals surface area contributed by atoms with Crippen LogP contribution in [0.3, 0.4) is 0 Å². The van der Waals surface area contributed by atoms with Gasteiger partial charge in [-0.25, -0.2) is 38.9 Å². The molecule has 0 amide bonds. The van der Waals surface area contributed by atoms with Crippen molar-refractivity contribution in [3.05, 3.63) is 47.6 Å². The quantitative estimate of drug-likeness (QED) is 0.213. The Balaban J connectivity index is 2.03. The molecule has 0 aromatic heterocycles. The topological polar surface area (TPSA) is 89.5 Å². The van der Waals surface area contributed by atoms with Gasteiger partial charge >= 0.3 is 11.9 Å². The molecule has 8 nitrogen and oxygen atoms in total. The molecular formula is C26H38O8. The van der Waals surface area contributed by atoms with Crippen LogP contribution in [0.4, 0.5) is 0 Å². The second-order valence-electron chi connectivity index (χ2n) is 9.13. The Morgan fingerprint density at radius 3 is 1.50 bits per heavy atom. The lowest BCUT2D eigenvalue weighted by molar-refractivity contribution is -0.358. The molecule has 0 heterocycles. The average Bonchev–Trinajstić information content (AvgIpc) is 2.81. The van der Waals surface area contributed by atoms with Gasteiger partial charge in [0.25, 0.3) is 0 Å². The van der Waals surface area contributed by atoms with Gasteiger partial charge in [0.05, 0.1) is 13.2 Å². The van der Waals surface area contributed by atoms with Crippen LogP contribution in [0.25, 0.3) is 0 Å². The zero-order valence-corrected chi connectivity index (χ0v) is 21.1. The maximum atomic E-state index is 12.9. The van der Waals surface area contributed by atoms with Crippen LogP contribution >= 0.6 is 0 Å². The highest BCUT2D eigenvalue weighted by atomic mass is 17.2. The van der Waals surface area contributed by atoms with Crippen molar-refractivity contribution in [1.82, 2.24) is 0 Å². The molecule has 2 aliphatic carbocycles. The van der Waals surface area contributed by atoms with Gasteiger partial charge in [-0.15, -0.1) is 0 Å². The number of unbranched alkanes of at least 4 members (excludes halogenated alkanes) is 2. The summed E-state index contributed by atoms with van der Waals surface area (Å²) in [4.78, 5) is 57.5. The SMILES string of the molecule is CCCCOOC1(C)C=CC(C)=CC1C(=O)OOC(=O)C1C=C(C)C=CC1(C)OOCCCC. The average molecular weight is 479 g/mol. The van der Waals surface area contributed by atoms with Crippen molar-refractivity contribution in [2.24, 2.45) is 11.8 Å². The molecule has 4 unspecified atom stereocenters. The highest BCUT2D eigenvalue weighted by Crippen LogP contribution is 2.34. The van der Waals surface area contributed by atoms with Crippen LogP contribution in [-0.2, 0) is 38.9 Å². The van der Waals surface area contributed by atoms with Gasteiger partial charge in [0, 0.05) is 0 Å². The lowest BCUT2D eigenvalue weighted by Gasteiger charge is -2.33. The minimum atomic E-state index is -1.11. The summed E-state index contributed by atoms with van der Waals surface area (Å²) in [6.07, 6.45) is 14.1. The first-order valence-electron chi connectivity index (χ1n) is 11.9. The molecular weight excluding hydrogens is 440 g/mol. The van der Waals surface area contributed by atoms with E-state index in [4.69, 9.17) is 29.3 Å². The molecule has 8 heteroatoms. The summed E-state index contributed by atoms with van der Waals surface area (Å²) in [5.74, 6) is -3.27. The van der Waals surface area contributed by atoms with Gasteiger partial charge in [0.2, 0.25) is 0 Å². The van der Waals surface area contributed by atoms with E-state index in [1.165, 1.54) is 0 Å². The molecule has 0 spiro atoms. The molecule has 0 aromatic rings. The van der Waals surface area contributed by atoms with Crippen LogP contribution in [0.15, 0.2) is 47.6 Å². The van der Waals surface area contributed by atoms with E-state index in [1.807, 2.05) is 39.8 Å². The van der Waals surface area contributed by atoms with Crippen molar-refractivity contribution in [1.29, 1.82) is 0 Å². The zero-order valence-electron chi connectivity index (χ0n) is 21.1. The molecule has 0 aliphatic heterocycles. The number of carbonyl (C=O) groups is 2. The van der Waals surface area contributed by atoms with Crippen LogP contribution in [0.5, 0.6) is 0 Å². The van der Waals surface area contributed by atoms with Crippen LogP contribution in [0, 0.1) is 11.8 Å². The summed E-state index contributed by atoms with van der Waals surface area (Å²) >= 11 is 0. The van der Waals surface area contributed by atoms with Crippen LogP contribution < -0.4 is 0 Å². The molecule has 0 saturated heterocycles. The summed E-state index contributed by atoms with van der Waals surface area (Å²) < 4.78 is 0. The van der Waals surface area contributed by atoms with E-state index in [9.17, 15) is 9.59 Å². The summed E-state index contributed by atoms with van der Waals surface area (Å²) in [5.41, 5.74) is -0.509. The highest BCUT2D eigenvalue weighted by molar-refractivity contribution is 5.80. The standard InChI is InChI=1S/C26H38O8/c1-7-9-15-29-33-25(5)13-11-19(3)17-21(25)23(27)31-32-24(28)22-18-20(4)12-14-26(22,6)34-30-16-10-8-2/h11-14,17-18,21-22H,7-10,15-16H2,1-6H3. The normalized spacial score (nSPS) is 28.3. The second-order valence-corrected chi connectivity index (χ2v) is 9.13. The molecule has 2 aliphatic rings. The second kappa shape index (κ2) is 13.0. The maximum Gasteiger partial charge on any atom is 0.365 e. The monoisotopic (exact) mass is 478 g/mol. The van der Waals surface area contributed by atoms with E-state index < -0.39 is 35.0 Å². The molecule has 0 radical (unpaired) electrons. The van der Waals surface area contributed by atoms with E-state index in [-0.39, 0.29) is 0 Å². The fraction of sp³-hybridized carbons (Fsp3) is 0.615. The van der Waals surface area contributed by atoms with E-state index in [0.29, 0.717) is 13.2 Å². The molecule has 4 atom stereocenters. The fourth-order valence-corrected chi connectivity index (χ4v) is 3.46. The number of carbonyl (C=O) groups excluding carboxylic acids is 2. The smallest absolute Gasteiger partial charge is 0.247 e. The van der Waals surface area contributed by atoms with E-state index in [0.717, 1.165) is 36.8 Å². The minimum absolute atomic E-state index is 0.402. The van der Waals surface area contributed by atoms with Gasteiger partial charge in [0.15, 0.2) is 0 Å². The first-order valence-corrected chi connectivity index (χ1v) is 11.9. The third kappa shape index (κ3) is 7.63. The largest absolute Gasteiger partial charge is 0.365 e. The molecule has 190 valence electrons. The Bertz CT molecular complexity index is 759. The lowest BCUT2D eigenvalue weighted by atomic mass is 9.83. The van der Waals surface area contributed by atoms with Gasteiger partial charge in [-0.1, -0.05) is 62.1 Å².